The highest BCUT2D eigenvalue weighted by atomic mass is 16.1. The van der Waals surface area contributed by atoms with E-state index >= 15 is 0 Å². The average Bonchev–Trinajstić information content (AvgIpc) is 2.45. The molecule has 1 aliphatic rings. The average molecular weight is 282 g/mol. The van der Waals surface area contributed by atoms with Crippen LogP contribution in [0.1, 0.15) is 78.1 Å². The number of amides is 1. The fourth-order valence-electron chi connectivity index (χ4n) is 2.98. The fourth-order valence-corrected chi connectivity index (χ4v) is 2.98. The second kappa shape index (κ2) is 11.1. The van der Waals surface area contributed by atoms with E-state index in [0.29, 0.717) is 6.04 Å². The van der Waals surface area contributed by atoms with Crippen molar-refractivity contribution in [3.05, 3.63) is 0 Å². The molecule has 0 aromatic carbocycles. The standard InChI is InChI=1S/C17H34N2O/c1-3-5-6-7-8-9-10-17(20)18-16-11-14-19(13-4-2)15-12-16/h16H,3-15H2,1-2H3,(H,18,20). The van der Waals surface area contributed by atoms with Gasteiger partial charge in [0, 0.05) is 25.6 Å². The minimum absolute atomic E-state index is 0.273. The molecule has 0 atom stereocenters. The Morgan fingerprint density at radius 2 is 1.65 bits per heavy atom. The second-order valence-electron chi connectivity index (χ2n) is 6.20. The third-order valence-corrected chi connectivity index (χ3v) is 4.25. The van der Waals surface area contributed by atoms with E-state index in [1.54, 1.807) is 0 Å². The van der Waals surface area contributed by atoms with Crippen molar-refractivity contribution in [2.75, 3.05) is 19.6 Å². The molecule has 0 aromatic rings. The molecular formula is C17H34N2O. The Kier molecular flexibility index (Phi) is 9.73. The highest BCUT2D eigenvalue weighted by molar-refractivity contribution is 5.76. The Morgan fingerprint density at radius 3 is 2.30 bits per heavy atom. The van der Waals surface area contributed by atoms with Crippen LogP contribution in [0.15, 0.2) is 0 Å². The van der Waals surface area contributed by atoms with E-state index in [2.05, 4.69) is 24.1 Å². The Bertz CT molecular complexity index is 247. The molecule has 1 fully saturated rings. The van der Waals surface area contributed by atoms with Gasteiger partial charge in [0.05, 0.1) is 0 Å². The molecule has 0 aromatic heterocycles. The van der Waals surface area contributed by atoms with E-state index in [1.165, 1.54) is 45.1 Å². The molecule has 1 heterocycles. The molecule has 1 N–H and O–H groups in total. The van der Waals surface area contributed by atoms with E-state index in [0.717, 1.165) is 38.8 Å². The van der Waals surface area contributed by atoms with Gasteiger partial charge in [-0.2, -0.15) is 0 Å². The molecule has 1 rings (SSSR count). The molecule has 0 bridgehead atoms. The van der Waals surface area contributed by atoms with Gasteiger partial charge in [0.1, 0.15) is 0 Å². The third kappa shape index (κ3) is 7.88. The first kappa shape index (κ1) is 17.5. The van der Waals surface area contributed by atoms with Crippen LogP contribution in [0, 0.1) is 0 Å². The first-order valence-electron chi connectivity index (χ1n) is 8.78. The molecule has 3 nitrogen and oxygen atoms in total. The molecule has 1 saturated heterocycles. The smallest absolute Gasteiger partial charge is 0.220 e. The summed E-state index contributed by atoms with van der Waals surface area (Å²) < 4.78 is 0. The summed E-state index contributed by atoms with van der Waals surface area (Å²) in [6.45, 7) is 7.97. The van der Waals surface area contributed by atoms with E-state index in [1.807, 2.05) is 0 Å². The second-order valence-corrected chi connectivity index (χ2v) is 6.20. The summed E-state index contributed by atoms with van der Waals surface area (Å²) in [5.74, 6) is 0.273. The van der Waals surface area contributed by atoms with Gasteiger partial charge in [-0.15, -0.1) is 0 Å². The summed E-state index contributed by atoms with van der Waals surface area (Å²) in [6.07, 6.45) is 11.7. The number of piperidine rings is 1. The largest absolute Gasteiger partial charge is 0.353 e. The third-order valence-electron chi connectivity index (χ3n) is 4.25. The molecule has 3 heteroatoms. The lowest BCUT2D eigenvalue weighted by atomic mass is 10.0. The first-order chi connectivity index (χ1) is 9.76. The lowest BCUT2D eigenvalue weighted by Crippen LogP contribution is -2.44. The van der Waals surface area contributed by atoms with E-state index in [9.17, 15) is 4.79 Å². The Balaban J connectivity index is 2.00. The number of hydrogen-bond acceptors (Lipinski definition) is 2. The Labute approximate surface area is 125 Å². The van der Waals surface area contributed by atoms with Gasteiger partial charge in [-0.05, 0) is 32.2 Å². The van der Waals surface area contributed by atoms with Gasteiger partial charge in [-0.3, -0.25) is 4.79 Å². The summed E-state index contributed by atoms with van der Waals surface area (Å²) >= 11 is 0. The van der Waals surface area contributed by atoms with Crippen LogP contribution >= 0.6 is 0 Å². The van der Waals surface area contributed by atoms with Crippen LogP contribution in [0.5, 0.6) is 0 Å². The predicted molar refractivity (Wildman–Crippen MR) is 85.9 cm³/mol. The molecule has 0 unspecified atom stereocenters. The summed E-state index contributed by atoms with van der Waals surface area (Å²) in [6, 6.07) is 0.427. The lowest BCUT2D eigenvalue weighted by molar-refractivity contribution is -0.122. The number of carbonyl (C=O) groups excluding carboxylic acids is 1. The zero-order valence-electron chi connectivity index (χ0n) is 13.6. The highest BCUT2D eigenvalue weighted by Gasteiger charge is 2.19. The van der Waals surface area contributed by atoms with Crippen LogP contribution in [0.3, 0.4) is 0 Å². The van der Waals surface area contributed by atoms with Crippen LogP contribution in [0.2, 0.25) is 0 Å². The first-order valence-corrected chi connectivity index (χ1v) is 8.78. The van der Waals surface area contributed by atoms with Gasteiger partial charge >= 0.3 is 0 Å². The lowest BCUT2D eigenvalue weighted by Gasteiger charge is -2.32. The summed E-state index contributed by atoms with van der Waals surface area (Å²) in [4.78, 5) is 14.4. The van der Waals surface area contributed by atoms with Crippen molar-refractivity contribution < 1.29 is 4.79 Å². The zero-order valence-corrected chi connectivity index (χ0v) is 13.6. The molecule has 0 aliphatic carbocycles. The molecule has 0 saturated carbocycles. The number of rotatable bonds is 10. The number of hydrogen-bond donors (Lipinski definition) is 1. The minimum atomic E-state index is 0.273. The van der Waals surface area contributed by atoms with Crippen molar-refractivity contribution >= 4 is 5.91 Å². The van der Waals surface area contributed by atoms with Gasteiger partial charge in [0.15, 0.2) is 0 Å². The topological polar surface area (TPSA) is 32.3 Å². The molecular weight excluding hydrogens is 248 g/mol. The summed E-state index contributed by atoms with van der Waals surface area (Å²) in [5, 5.41) is 3.22. The monoisotopic (exact) mass is 282 g/mol. The van der Waals surface area contributed by atoms with Crippen LogP contribution in [-0.2, 0) is 4.79 Å². The molecule has 1 aliphatic heterocycles. The van der Waals surface area contributed by atoms with E-state index in [4.69, 9.17) is 0 Å². The van der Waals surface area contributed by atoms with Crippen molar-refractivity contribution in [2.24, 2.45) is 0 Å². The summed E-state index contributed by atoms with van der Waals surface area (Å²) in [7, 11) is 0. The van der Waals surface area contributed by atoms with Crippen molar-refractivity contribution in [2.45, 2.75) is 84.1 Å². The van der Waals surface area contributed by atoms with Gasteiger partial charge in [0.2, 0.25) is 5.91 Å². The maximum atomic E-state index is 11.9. The van der Waals surface area contributed by atoms with E-state index < -0.39 is 0 Å². The molecule has 118 valence electrons. The quantitative estimate of drug-likeness (QED) is 0.619. The summed E-state index contributed by atoms with van der Waals surface area (Å²) in [5.41, 5.74) is 0. The van der Waals surface area contributed by atoms with E-state index in [-0.39, 0.29) is 5.91 Å². The number of carbonyl (C=O) groups is 1. The van der Waals surface area contributed by atoms with Gasteiger partial charge in [-0.25, -0.2) is 0 Å². The molecule has 0 radical (unpaired) electrons. The van der Waals surface area contributed by atoms with Crippen molar-refractivity contribution in [3.63, 3.8) is 0 Å². The maximum absolute atomic E-state index is 11.9. The zero-order chi connectivity index (χ0) is 14.6. The Hall–Kier alpha value is -0.570. The number of unbranched alkanes of at least 4 members (excludes halogenated alkanes) is 5. The maximum Gasteiger partial charge on any atom is 0.220 e. The van der Waals surface area contributed by atoms with Gasteiger partial charge < -0.3 is 10.2 Å². The van der Waals surface area contributed by atoms with Crippen molar-refractivity contribution in [1.82, 2.24) is 10.2 Å². The molecule has 1 amide bonds. The minimum Gasteiger partial charge on any atom is -0.353 e. The van der Waals surface area contributed by atoms with Crippen molar-refractivity contribution in [3.8, 4) is 0 Å². The van der Waals surface area contributed by atoms with Crippen LogP contribution < -0.4 is 5.32 Å². The van der Waals surface area contributed by atoms with Crippen LogP contribution in [-0.4, -0.2) is 36.5 Å². The van der Waals surface area contributed by atoms with Gasteiger partial charge in [0.25, 0.3) is 0 Å². The number of nitrogens with one attached hydrogen (secondary N) is 1. The van der Waals surface area contributed by atoms with Crippen molar-refractivity contribution in [1.29, 1.82) is 0 Å². The SMILES string of the molecule is CCCCCCCCC(=O)NC1CCN(CCC)CC1. The normalized spacial score (nSPS) is 17.3. The molecule has 20 heavy (non-hydrogen) atoms. The predicted octanol–water partition coefficient (Wildman–Crippen LogP) is 3.73. The van der Waals surface area contributed by atoms with Gasteiger partial charge in [-0.1, -0.05) is 46.0 Å². The van der Waals surface area contributed by atoms with Crippen LogP contribution in [0.25, 0.3) is 0 Å². The molecule has 0 spiro atoms. The Morgan fingerprint density at radius 1 is 1.00 bits per heavy atom. The highest BCUT2D eigenvalue weighted by Crippen LogP contribution is 2.11. The van der Waals surface area contributed by atoms with Crippen LogP contribution in [0.4, 0.5) is 0 Å². The number of likely N-dealkylation sites (tertiary alicyclic amines) is 1. The number of nitrogens with zero attached hydrogens (tertiary/aromatic N) is 1. The fraction of sp³-hybridized carbons (Fsp3) is 0.941.